The first kappa shape index (κ1) is 17.2. The van der Waals surface area contributed by atoms with Crippen LogP contribution in [0.25, 0.3) is 10.9 Å². The van der Waals surface area contributed by atoms with Gasteiger partial charge in [0.15, 0.2) is 0 Å². The molecule has 1 heterocycles. The third-order valence-electron chi connectivity index (χ3n) is 4.16. The van der Waals surface area contributed by atoms with Gasteiger partial charge in [-0.3, -0.25) is 4.79 Å². The Morgan fingerprint density at radius 1 is 1.04 bits per heavy atom. The number of benzene rings is 2. The highest BCUT2D eigenvalue weighted by Gasteiger charge is 2.19. The topological polar surface area (TPSA) is 82.2 Å². The number of hydrogen-bond donors (Lipinski definition) is 1. The molecule has 0 aliphatic heterocycles. The number of nitrogens with zero attached hydrogens (tertiary/aromatic N) is 1. The summed E-state index contributed by atoms with van der Waals surface area (Å²) in [5, 5.41) is 0.679. The largest absolute Gasteiger partial charge is 0.399 e. The minimum absolute atomic E-state index is 0.102. The Morgan fingerprint density at radius 2 is 1.76 bits per heavy atom. The number of rotatable bonds is 5. The highest BCUT2D eigenvalue weighted by molar-refractivity contribution is 7.90. The third kappa shape index (κ3) is 3.58. The number of fused-ring (bicyclic) bond motifs is 1. The predicted molar refractivity (Wildman–Crippen MR) is 101 cm³/mol. The number of hydrogen-bond acceptors (Lipinski definition) is 4. The Kier molecular flexibility index (Phi) is 4.63. The van der Waals surface area contributed by atoms with Crippen molar-refractivity contribution in [2.45, 2.75) is 19.8 Å². The van der Waals surface area contributed by atoms with Crippen molar-refractivity contribution in [1.82, 2.24) is 3.97 Å². The van der Waals surface area contributed by atoms with Crippen LogP contribution < -0.4 is 11.3 Å². The summed E-state index contributed by atoms with van der Waals surface area (Å²) in [5.74, 6) is -0.102. The molecule has 0 saturated carbocycles. The Hall–Kier alpha value is -2.60. The maximum Gasteiger partial charge on any atom is 0.267 e. The number of pyridine rings is 1. The van der Waals surface area contributed by atoms with E-state index in [-0.39, 0.29) is 5.75 Å². The number of anilines is 1. The molecule has 0 fully saturated rings. The minimum atomic E-state index is -3.78. The van der Waals surface area contributed by atoms with Gasteiger partial charge in [-0.15, -0.1) is 0 Å². The Bertz CT molecular complexity index is 1070. The molecule has 0 aliphatic carbocycles. The molecular weight excluding hydrogens is 336 g/mol. The van der Waals surface area contributed by atoms with E-state index in [4.69, 9.17) is 5.73 Å². The Morgan fingerprint density at radius 3 is 2.48 bits per heavy atom. The van der Waals surface area contributed by atoms with E-state index in [1.165, 1.54) is 6.07 Å². The van der Waals surface area contributed by atoms with Gasteiger partial charge in [-0.1, -0.05) is 36.4 Å². The number of aromatic nitrogens is 1. The molecule has 0 bridgehead atoms. The molecule has 0 unspecified atom stereocenters. The van der Waals surface area contributed by atoms with E-state index in [2.05, 4.69) is 0 Å². The van der Waals surface area contributed by atoms with E-state index < -0.39 is 15.6 Å². The zero-order valence-corrected chi connectivity index (χ0v) is 14.8. The first-order valence-electron chi connectivity index (χ1n) is 8.07. The monoisotopic (exact) mass is 356 g/mol. The zero-order chi connectivity index (χ0) is 18.0. The standard InChI is InChI=1S/C19H20N2O3S/c1-14-12-16-9-10-17(20)13-18(16)21(19(14)22)25(23,24)11-5-8-15-6-3-2-4-7-15/h2-4,6-7,9-10,12-13H,5,8,11,20H2,1H3. The van der Waals surface area contributed by atoms with Gasteiger partial charge in [0, 0.05) is 11.3 Å². The van der Waals surface area contributed by atoms with Crippen molar-refractivity contribution < 1.29 is 8.42 Å². The molecule has 0 radical (unpaired) electrons. The molecule has 0 saturated heterocycles. The average Bonchev–Trinajstić information content (AvgIpc) is 2.57. The van der Waals surface area contributed by atoms with Crippen LogP contribution in [-0.4, -0.2) is 18.1 Å². The van der Waals surface area contributed by atoms with Crippen molar-refractivity contribution in [3.8, 4) is 0 Å². The van der Waals surface area contributed by atoms with Crippen LogP contribution in [0.1, 0.15) is 17.5 Å². The Labute approximate surface area is 146 Å². The minimum Gasteiger partial charge on any atom is -0.399 e. The summed E-state index contributed by atoms with van der Waals surface area (Å²) in [6, 6.07) is 16.3. The first-order chi connectivity index (χ1) is 11.9. The fraction of sp³-hybridized carbons (Fsp3) is 0.211. The van der Waals surface area contributed by atoms with E-state index in [0.29, 0.717) is 35.0 Å². The van der Waals surface area contributed by atoms with Gasteiger partial charge in [-0.2, -0.15) is 0 Å². The van der Waals surface area contributed by atoms with Gasteiger partial charge in [-0.05, 0) is 48.9 Å². The Balaban J connectivity index is 1.97. The molecule has 6 heteroatoms. The molecule has 25 heavy (non-hydrogen) atoms. The van der Waals surface area contributed by atoms with Crippen molar-refractivity contribution in [3.05, 3.63) is 76.1 Å². The van der Waals surface area contributed by atoms with Gasteiger partial charge in [0.2, 0.25) is 10.0 Å². The number of nitrogens with two attached hydrogens (primary N) is 1. The summed E-state index contributed by atoms with van der Waals surface area (Å²) >= 11 is 0. The van der Waals surface area contributed by atoms with Crippen LogP contribution in [0.3, 0.4) is 0 Å². The van der Waals surface area contributed by atoms with E-state index in [0.717, 1.165) is 9.54 Å². The molecule has 3 aromatic rings. The number of nitrogen functional groups attached to an aromatic ring is 1. The maximum absolute atomic E-state index is 12.8. The lowest BCUT2D eigenvalue weighted by atomic mass is 10.1. The maximum atomic E-state index is 12.8. The molecule has 5 nitrogen and oxygen atoms in total. The van der Waals surface area contributed by atoms with Crippen LogP contribution in [0.4, 0.5) is 5.69 Å². The zero-order valence-electron chi connectivity index (χ0n) is 14.0. The van der Waals surface area contributed by atoms with Gasteiger partial charge in [0.05, 0.1) is 11.3 Å². The second kappa shape index (κ2) is 6.72. The molecule has 130 valence electrons. The molecule has 0 aliphatic rings. The van der Waals surface area contributed by atoms with Crippen molar-refractivity contribution in [2.75, 3.05) is 11.5 Å². The summed E-state index contributed by atoms with van der Waals surface area (Å²) < 4.78 is 26.6. The molecular formula is C19H20N2O3S. The summed E-state index contributed by atoms with van der Waals surface area (Å²) in [6.45, 7) is 1.62. The molecule has 0 atom stereocenters. The van der Waals surface area contributed by atoms with Crippen LogP contribution in [0, 0.1) is 6.92 Å². The molecule has 3 rings (SSSR count). The van der Waals surface area contributed by atoms with Gasteiger partial charge in [0.1, 0.15) is 0 Å². The predicted octanol–water partition coefficient (Wildman–Crippen LogP) is 2.70. The molecule has 1 aromatic heterocycles. The fourth-order valence-corrected chi connectivity index (χ4v) is 4.44. The van der Waals surface area contributed by atoms with Crippen LogP contribution in [0.15, 0.2) is 59.4 Å². The van der Waals surface area contributed by atoms with Crippen molar-refractivity contribution in [1.29, 1.82) is 0 Å². The lowest BCUT2D eigenvalue weighted by Gasteiger charge is -2.13. The van der Waals surface area contributed by atoms with Crippen LogP contribution in [0.5, 0.6) is 0 Å². The van der Waals surface area contributed by atoms with Crippen LogP contribution in [-0.2, 0) is 16.4 Å². The van der Waals surface area contributed by atoms with Crippen molar-refractivity contribution >= 4 is 26.6 Å². The lowest BCUT2D eigenvalue weighted by Crippen LogP contribution is -2.31. The molecule has 0 spiro atoms. The molecule has 2 aromatic carbocycles. The number of aryl methyl sites for hydroxylation is 2. The second-order valence-corrected chi connectivity index (χ2v) is 8.06. The smallest absolute Gasteiger partial charge is 0.267 e. The third-order valence-corrected chi connectivity index (χ3v) is 5.88. The summed E-state index contributed by atoms with van der Waals surface area (Å²) in [7, 11) is -3.78. The summed E-state index contributed by atoms with van der Waals surface area (Å²) in [6.07, 6.45) is 1.08. The van der Waals surface area contributed by atoms with Crippen LogP contribution >= 0.6 is 0 Å². The van der Waals surface area contributed by atoms with Gasteiger partial charge < -0.3 is 5.73 Å². The summed E-state index contributed by atoms with van der Waals surface area (Å²) in [5.41, 5.74) is 7.49. The van der Waals surface area contributed by atoms with Crippen molar-refractivity contribution in [3.63, 3.8) is 0 Å². The van der Waals surface area contributed by atoms with E-state index in [9.17, 15) is 13.2 Å². The normalized spacial score (nSPS) is 11.7. The highest BCUT2D eigenvalue weighted by atomic mass is 32.2. The lowest BCUT2D eigenvalue weighted by molar-refractivity contribution is 0.584. The van der Waals surface area contributed by atoms with E-state index in [1.807, 2.05) is 30.3 Å². The van der Waals surface area contributed by atoms with Gasteiger partial charge >= 0.3 is 0 Å². The molecule has 0 amide bonds. The van der Waals surface area contributed by atoms with Crippen molar-refractivity contribution in [2.24, 2.45) is 0 Å². The highest BCUT2D eigenvalue weighted by Crippen LogP contribution is 2.19. The molecule has 2 N–H and O–H groups in total. The quantitative estimate of drug-likeness (QED) is 0.713. The SMILES string of the molecule is Cc1cc2ccc(N)cc2n(S(=O)(=O)CCCc2ccccc2)c1=O. The van der Waals surface area contributed by atoms with E-state index >= 15 is 0 Å². The van der Waals surface area contributed by atoms with Gasteiger partial charge in [-0.25, -0.2) is 12.4 Å². The van der Waals surface area contributed by atoms with Crippen LogP contribution in [0.2, 0.25) is 0 Å². The van der Waals surface area contributed by atoms with Gasteiger partial charge in [0.25, 0.3) is 5.56 Å². The average molecular weight is 356 g/mol. The second-order valence-electron chi connectivity index (χ2n) is 6.12. The fourth-order valence-electron chi connectivity index (χ4n) is 2.89. The first-order valence-corrected chi connectivity index (χ1v) is 9.68. The summed E-state index contributed by atoms with van der Waals surface area (Å²) in [4.78, 5) is 12.5. The van der Waals surface area contributed by atoms with E-state index in [1.54, 1.807) is 25.1 Å².